The van der Waals surface area contributed by atoms with Crippen LogP contribution in [-0.2, 0) is 10.5 Å². The first-order valence-corrected chi connectivity index (χ1v) is 12.1. The zero-order valence-corrected chi connectivity index (χ0v) is 21.4. The van der Waals surface area contributed by atoms with Crippen LogP contribution in [0.5, 0.6) is 11.5 Å². The lowest BCUT2D eigenvalue weighted by atomic mass is 9.96. The Morgan fingerprint density at radius 1 is 0.811 bits per heavy atom. The van der Waals surface area contributed by atoms with Gasteiger partial charge in [0, 0.05) is 34.4 Å². The Balaban J connectivity index is 1.36. The number of hydrogen-bond acceptors (Lipinski definition) is 7. The largest absolute Gasteiger partial charge is 0.455 e. The molecule has 0 atom stereocenters. The number of anilines is 1. The van der Waals surface area contributed by atoms with E-state index in [0.717, 1.165) is 0 Å². The second-order valence-corrected chi connectivity index (χ2v) is 9.06. The van der Waals surface area contributed by atoms with Crippen LogP contribution < -0.4 is 20.7 Å². The normalized spacial score (nSPS) is 13.3. The van der Waals surface area contributed by atoms with E-state index in [4.69, 9.17) is 39.5 Å². The molecule has 0 saturated carbocycles. The predicted molar refractivity (Wildman–Crippen MR) is 140 cm³/mol. The standard InChI is InChI=1S/C24H20Cl3N7O3/c25-15-5-8-17(9-6-15)30-23(36)29-12-11-28-22(35)14-24(31-33-34-32-24)18-3-1-2-4-20(18)37-21-10-7-16(26)13-19(21)27/h1-10,13H,11-12,14H2,(H,28,35)(H2,29,30,36). The summed E-state index contributed by atoms with van der Waals surface area (Å²) < 4.78 is 6.01. The molecule has 3 aromatic carbocycles. The van der Waals surface area contributed by atoms with Gasteiger partial charge in [0.2, 0.25) is 11.6 Å². The SMILES string of the molecule is O=C(CC1(c2ccccc2Oc2ccc(Cl)cc2Cl)N=NN=N1)NCCNC(=O)Nc1ccc(Cl)cc1. The zero-order valence-electron chi connectivity index (χ0n) is 19.1. The fourth-order valence-electron chi connectivity index (χ4n) is 3.42. The van der Waals surface area contributed by atoms with Crippen molar-refractivity contribution in [2.45, 2.75) is 12.1 Å². The molecule has 10 nitrogen and oxygen atoms in total. The molecule has 13 heteroatoms. The van der Waals surface area contributed by atoms with Crippen molar-refractivity contribution in [2.75, 3.05) is 18.4 Å². The van der Waals surface area contributed by atoms with Crippen LogP contribution in [0.4, 0.5) is 10.5 Å². The summed E-state index contributed by atoms with van der Waals surface area (Å²) in [5.74, 6) is 0.367. The molecule has 0 spiro atoms. The molecule has 3 N–H and O–H groups in total. The molecule has 0 unspecified atom stereocenters. The fourth-order valence-corrected chi connectivity index (χ4v) is 3.99. The zero-order chi connectivity index (χ0) is 26.3. The monoisotopic (exact) mass is 559 g/mol. The average molecular weight is 561 g/mol. The highest BCUT2D eigenvalue weighted by atomic mass is 35.5. The quantitative estimate of drug-likeness (QED) is 0.250. The third-order valence-electron chi connectivity index (χ3n) is 5.13. The minimum atomic E-state index is -1.42. The Morgan fingerprint density at radius 2 is 1.49 bits per heavy atom. The topological polar surface area (TPSA) is 129 Å². The van der Waals surface area contributed by atoms with E-state index in [2.05, 4.69) is 36.6 Å². The number of carbonyl (C=O) groups is 2. The number of hydrogen-bond donors (Lipinski definition) is 3. The molecule has 0 aromatic heterocycles. The van der Waals surface area contributed by atoms with Crippen molar-refractivity contribution in [3.63, 3.8) is 0 Å². The Morgan fingerprint density at radius 3 is 2.22 bits per heavy atom. The first-order chi connectivity index (χ1) is 17.8. The number of rotatable bonds is 9. The Labute approximate surface area is 227 Å². The van der Waals surface area contributed by atoms with E-state index in [9.17, 15) is 9.59 Å². The molecule has 1 aliphatic rings. The number of para-hydroxylation sites is 1. The highest BCUT2D eigenvalue weighted by Crippen LogP contribution is 2.43. The van der Waals surface area contributed by atoms with Gasteiger partial charge in [-0.2, -0.15) is 0 Å². The summed E-state index contributed by atoms with van der Waals surface area (Å²) in [5, 5.41) is 25.0. The molecular formula is C24H20Cl3N7O3. The first kappa shape index (κ1) is 26.3. The molecule has 0 fully saturated rings. The van der Waals surface area contributed by atoms with Crippen LogP contribution in [0, 0.1) is 0 Å². The molecule has 0 bridgehead atoms. The second-order valence-electron chi connectivity index (χ2n) is 7.78. The maximum absolute atomic E-state index is 12.8. The summed E-state index contributed by atoms with van der Waals surface area (Å²) >= 11 is 18.1. The molecule has 0 radical (unpaired) electrons. The summed E-state index contributed by atoms with van der Waals surface area (Å²) in [7, 11) is 0. The smallest absolute Gasteiger partial charge is 0.319 e. The summed E-state index contributed by atoms with van der Waals surface area (Å²) in [5.41, 5.74) is -0.355. The van der Waals surface area contributed by atoms with Crippen molar-refractivity contribution in [3.8, 4) is 11.5 Å². The molecule has 0 aliphatic carbocycles. The molecule has 1 aliphatic heterocycles. The first-order valence-electron chi connectivity index (χ1n) is 11.0. The van der Waals surface area contributed by atoms with Crippen molar-refractivity contribution in [3.05, 3.63) is 87.4 Å². The highest BCUT2D eigenvalue weighted by molar-refractivity contribution is 6.35. The van der Waals surface area contributed by atoms with E-state index in [1.54, 1.807) is 66.7 Å². The minimum absolute atomic E-state index is 0.176. The van der Waals surface area contributed by atoms with Gasteiger partial charge >= 0.3 is 6.03 Å². The lowest BCUT2D eigenvalue weighted by molar-refractivity contribution is -0.122. The summed E-state index contributed by atoms with van der Waals surface area (Å²) in [6.45, 7) is 0.367. The minimum Gasteiger partial charge on any atom is -0.455 e. The molecule has 3 amide bonds. The predicted octanol–water partition coefficient (Wildman–Crippen LogP) is 6.75. The van der Waals surface area contributed by atoms with Crippen LogP contribution in [0.25, 0.3) is 0 Å². The number of nitrogens with zero attached hydrogens (tertiary/aromatic N) is 4. The van der Waals surface area contributed by atoms with Crippen LogP contribution in [-0.4, -0.2) is 25.0 Å². The van der Waals surface area contributed by atoms with Gasteiger partial charge in [-0.3, -0.25) is 4.79 Å². The van der Waals surface area contributed by atoms with Gasteiger partial charge < -0.3 is 20.7 Å². The fraction of sp³-hybridized carbons (Fsp3) is 0.167. The van der Waals surface area contributed by atoms with E-state index in [0.29, 0.717) is 37.8 Å². The molecule has 0 saturated heterocycles. The summed E-state index contributed by atoms with van der Waals surface area (Å²) in [6.07, 6.45) is -0.189. The number of carbonyl (C=O) groups excluding carboxylic acids is 2. The number of amides is 3. The molecule has 1 heterocycles. The lowest BCUT2D eigenvalue weighted by Gasteiger charge is -2.22. The molecule has 37 heavy (non-hydrogen) atoms. The third kappa shape index (κ3) is 6.94. The van der Waals surface area contributed by atoms with Crippen molar-refractivity contribution < 1.29 is 14.3 Å². The maximum atomic E-state index is 12.8. The van der Waals surface area contributed by atoms with Gasteiger partial charge in [-0.25, -0.2) is 4.79 Å². The third-order valence-corrected chi connectivity index (χ3v) is 5.92. The van der Waals surface area contributed by atoms with Gasteiger partial charge in [0.05, 0.1) is 11.4 Å². The van der Waals surface area contributed by atoms with Crippen LogP contribution in [0.2, 0.25) is 15.1 Å². The summed E-state index contributed by atoms with van der Waals surface area (Å²) in [4.78, 5) is 24.8. The number of ether oxygens (including phenoxy) is 1. The Kier molecular flexibility index (Phi) is 8.54. The van der Waals surface area contributed by atoms with Gasteiger partial charge in [0.25, 0.3) is 0 Å². The van der Waals surface area contributed by atoms with E-state index in [-0.39, 0.29) is 25.4 Å². The lowest BCUT2D eigenvalue weighted by Crippen LogP contribution is -2.38. The van der Waals surface area contributed by atoms with Crippen molar-refractivity contribution in [1.82, 2.24) is 10.6 Å². The van der Waals surface area contributed by atoms with E-state index in [1.807, 2.05) is 0 Å². The summed E-state index contributed by atoms with van der Waals surface area (Å²) in [6, 6.07) is 18.1. The average Bonchev–Trinajstić information content (AvgIpc) is 3.34. The van der Waals surface area contributed by atoms with Crippen LogP contribution in [0.15, 0.2) is 87.4 Å². The number of nitrogens with one attached hydrogen (secondary N) is 3. The van der Waals surface area contributed by atoms with Crippen LogP contribution in [0.1, 0.15) is 12.0 Å². The van der Waals surface area contributed by atoms with Gasteiger partial charge in [-0.1, -0.05) is 53.0 Å². The van der Waals surface area contributed by atoms with Crippen molar-refractivity contribution in [2.24, 2.45) is 20.7 Å². The van der Waals surface area contributed by atoms with E-state index < -0.39 is 11.7 Å². The Bertz CT molecular complexity index is 1340. The van der Waals surface area contributed by atoms with E-state index in [1.165, 1.54) is 0 Å². The second kappa shape index (κ2) is 12.0. The molecule has 3 aromatic rings. The Hall–Kier alpha value is -3.73. The van der Waals surface area contributed by atoms with Gasteiger partial charge in [-0.05, 0) is 59.0 Å². The van der Waals surface area contributed by atoms with Crippen molar-refractivity contribution >= 4 is 52.4 Å². The van der Waals surface area contributed by atoms with Crippen LogP contribution in [0.3, 0.4) is 0 Å². The molecule has 190 valence electrons. The maximum Gasteiger partial charge on any atom is 0.319 e. The van der Waals surface area contributed by atoms with Gasteiger partial charge in [-0.15, -0.1) is 10.2 Å². The van der Waals surface area contributed by atoms with Gasteiger partial charge in [0.1, 0.15) is 11.5 Å². The molecular weight excluding hydrogens is 541 g/mol. The number of benzene rings is 3. The van der Waals surface area contributed by atoms with Gasteiger partial charge in [0.15, 0.2) is 0 Å². The van der Waals surface area contributed by atoms with Crippen molar-refractivity contribution in [1.29, 1.82) is 0 Å². The molecule has 4 rings (SSSR count). The number of halogens is 3. The number of urea groups is 1. The highest BCUT2D eigenvalue weighted by Gasteiger charge is 2.40. The van der Waals surface area contributed by atoms with E-state index >= 15 is 0 Å². The van der Waals surface area contributed by atoms with Crippen LogP contribution >= 0.6 is 34.8 Å².